The molecule has 2 aromatic rings. The molecule has 0 amide bonds. The van der Waals surface area contributed by atoms with Crippen LogP contribution < -0.4 is 9.46 Å². The van der Waals surface area contributed by atoms with E-state index in [1.807, 2.05) is 0 Å². The molecule has 0 aromatic heterocycles. The van der Waals surface area contributed by atoms with E-state index in [4.69, 9.17) is 16.3 Å². The van der Waals surface area contributed by atoms with Crippen LogP contribution in [-0.4, -0.2) is 22.1 Å². The molecule has 0 atom stereocenters. The highest BCUT2D eigenvalue weighted by Gasteiger charge is 2.18. The number of hydrogen-bond acceptors (Lipinski definition) is 4. The van der Waals surface area contributed by atoms with E-state index in [9.17, 15) is 17.2 Å². The molecule has 2 rings (SSSR count). The van der Waals surface area contributed by atoms with Crippen molar-refractivity contribution in [3.8, 4) is 5.75 Å². The molecule has 0 saturated heterocycles. The summed E-state index contributed by atoms with van der Waals surface area (Å²) in [4.78, 5) is -0.179. The van der Waals surface area contributed by atoms with Crippen LogP contribution in [0, 0.1) is 0 Å². The first-order chi connectivity index (χ1) is 11.3. The van der Waals surface area contributed by atoms with Gasteiger partial charge in [-0.05, 0) is 24.3 Å². The predicted molar refractivity (Wildman–Crippen MR) is 86.0 cm³/mol. The van der Waals surface area contributed by atoms with E-state index >= 15 is 0 Å². The molecular weight excluding hydrogens is 364 g/mol. The molecule has 0 aliphatic carbocycles. The Morgan fingerprint density at radius 3 is 2.54 bits per heavy atom. The quantitative estimate of drug-likeness (QED) is 0.795. The minimum atomic E-state index is -3.95. The Kier molecular flexibility index (Phi) is 5.98. The molecule has 130 valence electrons. The number of halogens is 3. The zero-order valence-electron chi connectivity index (χ0n) is 12.5. The van der Waals surface area contributed by atoms with Crippen molar-refractivity contribution in [3.05, 3.63) is 53.1 Å². The lowest BCUT2D eigenvalue weighted by Gasteiger charge is -2.13. The fourth-order valence-corrected chi connectivity index (χ4v) is 3.36. The third kappa shape index (κ3) is 4.56. The smallest absolute Gasteiger partial charge is 0.387 e. The number of hydrogen-bond donors (Lipinski definition) is 1. The number of anilines is 1. The van der Waals surface area contributed by atoms with Crippen LogP contribution >= 0.6 is 11.6 Å². The molecule has 0 bridgehead atoms. The molecule has 1 N–H and O–H groups in total. The first-order valence-electron chi connectivity index (χ1n) is 6.67. The maximum absolute atomic E-state index is 12.4. The van der Waals surface area contributed by atoms with Crippen molar-refractivity contribution < 1.29 is 26.7 Å². The zero-order chi connectivity index (χ0) is 17.7. The van der Waals surface area contributed by atoms with Gasteiger partial charge in [0.15, 0.2) is 0 Å². The summed E-state index contributed by atoms with van der Waals surface area (Å²) in [6, 6.07) is 9.97. The number of rotatable bonds is 7. The van der Waals surface area contributed by atoms with Crippen molar-refractivity contribution in [3.63, 3.8) is 0 Å². The van der Waals surface area contributed by atoms with Crippen LogP contribution in [-0.2, 0) is 21.4 Å². The normalized spacial score (nSPS) is 11.5. The highest BCUT2D eigenvalue weighted by molar-refractivity contribution is 7.92. The van der Waals surface area contributed by atoms with E-state index in [2.05, 4.69) is 9.46 Å². The first-order valence-corrected chi connectivity index (χ1v) is 8.53. The van der Waals surface area contributed by atoms with Crippen molar-refractivity contribution in [2.45, 2.75) is 18.1 Å². The Morgan fingerprint density at radius 2 is 1.92 bits per heavy atom. The van der Waals surface area contributed by atoms with Gasteiger partial charge in [-0.2, -0.15) is 8.78 Å². The van der Waals surface area contributed by atoms with E-state index in [1.165, 1.54) is 7.11 Å². The molecule has 24 heavy (non-hydrogen) atoms. The number of ether oxygens (including phenoxy) is 2. The Labute approximate surface area is 143 Å². The highest BCUT2D eigenvalue weighted by atomic mass is 35.5. The lowest BCUT2D eigenvalue weighted by molar-refractivity contribution is -0.0498. The van der Waals surface area contributed by atoms with Crippen molar-refractivity contribution in [1.29, 1.82) is 0 Å². The number of sulfonamides is 1. The van der Waals surface area contributed by atoms with Crippen molar-refractivity contribution in [2.24, 2.45) is 0 Å². The predicted octanol–water partition coefficient (Wildman–Crippen LogP) is 3.89. The number of methoxy groups -OCH3 is 1. The van der Waals surface area contributed by atoms with Gasteiger partial charge in [0.25, 0.3) is 10.0 Å². The van der Waals surface area contributed by atoms with Crippen LogP contribution in [0.2, 0.25) is 5.02 Å². The molecular formula is C15H14ClF2NO4S. The summed E-state index contributed by atoms with van der Waals surface area (Å²) in [5, 5.41) is -0.233. The zero-order valence-corrected chi connectivity index (χ0v) is 14.1. The van der Waals surface area contributed by atoms with Crippen LogP contribution in [0.5, 0.6) is 5.75 Å². The topological polar surface area (TPSA) is 64.6 Å². The Bertz CT molecular complexity index is 815. The summed E-state index contributed by atoms with van der Waals surface area (Å²) in [5.74, 6) is -0.301. The molecule has 5 nitrogen and oxygen atoms in total. The van der Waals surface area contributed by atoms with Crippen molar-refractivity contribution in [1.82, 2.24) is 0 Å². The van der Waals surface area contributed by atoms with Gasteiger partial charge in [0.1, 0.15) is 5.75 Å². The minimum absolute atomic E-state index is 0.179. The maximum Gasteiger partial charge on any atom is 0.387 e. The molecule has 0 heterocycles. The highest BCUT2D eigenvalue weighted by Crippen LogP contribution is 2.29. The van der Waals surface area contributed by atoms with Gasteiger partial charge < -0.3 is 9.47 Å². The van der Waals surface area contributed by atoms with Crippen LogP contribution in [0.25, 0.3) is 0 Å². The summed E-state index contributed by atoms with van der Waals surface area (Å²) >= 11 is 5.79. The lowest BCUT2D eigenvalue weighted by Crippen LogP contribution is -2.14. The van der Waals surface area contributed by atoms with Crippen LogP contribution in [0.4, 0.5) is 14.5 Å². The van der Waals surface area contributed by atoms with Gasteiger partial charge in [-0.1, -0.05) is 29.8 Å². The van der Waals surface area contributed by atoms with E-state index in [0.29, 0.717) is 11.3 Å². The second-order valence-electron chi connectivity index (χ2n) is 4.67. The lowest BCUT2D eigenvalue weighted by atomic mass is 10.2. The van der Waals surface area contributed by atoms with Gasteiger partial charge >= 0.3 is 6.61 Å². The first kappa shape index (κ1) is 18.4. The fraction of sp³-hybridized carbons (Fsp3) is 0.200. The third-order valence-corrected chi connectivity index (χ3v) is 4.65. The SMILES string of the molecule is COCc1ccccc1NS(=O)(=O)c1ccc(OC(F)F)c(Cl)c1. The van der Waals surface area contributed by atoms with E-state index < -0.39 is 16.6 Å². The molecule has 9 heteroatoms. The Balaban J connectivity index is 2.30. The number of alkyl halides is 2. The van der Waals surface area contributed by atoms with Crippen molar-refractivity contribution in [2.75, 3.05) is 11.8 Å². The molecule has 0 aliphatic heterocycles. The van der Waals surface area contributed by atoms with Gasteiger partial charge in [-0.3, -0.25) is 4.72 Å². The summed E-state index contributed by atoms with van der Waals surface area (Å²) in [6.07, 6.45) is 0. The Morgan fingerprint density at radius 1 is 1.21 bits per heavy atom. The standard InChI is InChI=1S/C15H14ClF2NO4S/c1-22-9-10-4-2-3-5-13(10)19-24(20,21)11-6-7-14(12(16)8-11)23-15(17)18/h2-8,15,19H,9H2,1H3. The molecule has 0 fully saturated rings. The average molecular weight is 378 g/mol. The molecule has 2 aromatic carbocycles. The fourth-order valence-electron chi connectivity index (χ4n) is 1.95. The van der Waals surface area contributed by atoms with Crippen molar-refractivity contribution >= 4 is 27.3 Å². The van der Waals surface area contributed by atoms with Crippen LogP contribution in [0.3, 0.4) is 0 Å². The molecule has 0 unspecified atom stereocenters. The molecule has 0 saturated carbocycles. The second-order valence-corrected chi connectivity index (χ2v) is 6.76. The number of benzene rings is 2. The van der Waals surface area contributed by atoms with Gasteiger partial charge in [0.05, 0.1) is 22.2 Å². The molecule has 0 radical (unpaired) electrons. The number of para-hydroxylation sites is 1. The summed E-state index contributed by atoms with van der Waals surface area (Å²) < 4.78 is 60.9. The Hall–Kier alpha value is -1.90. The van der Waals surface area contributed by atoms with E-state index in [0.717, 1.165) is 18.2 Å². The monoisotopic (exact) mass is 377 g/mol. The maximum atomic E-state index is 12.4. The van der Waals surface area contributed by atoms with Crippen LogP contribution in [0.1, 0.15) is 5.56 Å². The third-order valence-electron chi connectivity index (χ3n) is 2.99. The second kappa shape index (κ2) is 7.78. The summed E-state index contributed by atoms with van der Waals surface area (Å²) in [5.41, 5.74) is 0.996. The minimum Gasteiger partial charge on any atom is -0.433 e. The summed E-state index contributed by atoms with van der Waals surface area (Å²) in [7, 11) is -2.46. The molecule has 0 aliphatic rings. The average Bonchev–Trinajstić information content (AvgIpc) is 2.51. The van der Waals surface area contributed by atoms with E-state index in [1.54, 1.807) is 24.3 Å². The molecule has 0 spiro atoms. The largest absolute Gasteiger partial charge is 0.433 e. The summed E-state index contributed by atoms with van der Waals surface area (Å²) in [6.45, 7) is -2.83. The van der Waals surface area contributed by atoms with E-state index in [-0.39, 0.29) is 22.3 Å². The van der Waals surface area contributed by atoms with Gasteiger partial charge in [-0.15, -0.1) is 0 Å². The van der Waals surface area contributed by atoms with Gasteiger partial charge in [0, 0.05) is 12.7 Å². The van der Waals surface area contributed by atoms with Gasteiger partial charge in [-0.25, -0.2) is 8.42 Å². The number of nitrogens with one attached hydrogen (secondary N) is 1. The van der Waals surface area contributed by atoms with Gasteiger partial charge in [0.2, 0.25) is 0 Å². The van der Waals surface area contributed by atoms with Crippen LogP contribution in [0.15, 0.2) is 47.4 Å².